The highest BCUT2D eigenvalue weighted by Gasteiger charge is 2.32. The molecule has 2 heterocycles. The number of piperidine rings is 1. The number of nitrogens with zero attached hydrogens (tertiary/aromatic N) is 1. The first kappa shape index (κ1) is 15.2. The molecular weight excluding hydrogens is 300 g/mol. The summed E-state index contributed by atoms with van der Waals surface area (Å²) in [5, 5.41) is 3.18. The minimum Gasteiger partial charge on any atom is -0.457 e. The predicted molar refractivity (Wildman–Crippen MR) is 93.4 cm³/mol. The summed E-state index contributed by atoms with van der Waals surface area (Å²) in [6.07, 6.45) is 2.38. The number of ether oxygens (including phenoxy) is 1. The van der Waals surface area contributed by atoms with E-state index in [4.69, 9.17) is 4.74 Å². The predicted octanol–water partition coefficient (Wildman–Crippen LogP) is 3.30. The zero-order valence-electron chi connectivity index (χ0n) is 13.7. The fraction of sp³-hybridized carbons (Fsp3) is 0.350. The summed E-state index contributed by atoms with van der Waals surface area (Å²) in [4.78, 5) is 14.9. The van der Waals surface area contributed by atoms with E-state index in [1.807, 2.05) is 54.6 Å². The van der Waals surface area contributed by atoms with Gasteiger partial charge in [0.25, 0.3) is 5.91 Å². The zero-order valence-corrected chi connectivity index (χ0v) is 13.7. The molecule has 124 valence electrons. The highest BCUT2D eigenvalue weighted by Crippen LogP contribution is 2.27. The molecule has 4 nitrogen and oxygen atoms in total. The van der Waals surface area contributed by atoms with E-state index in [0.29, 0.717) is 5.56 Å². The van der Waals surface area contributed by atoms with Crippen molar-refractivity contribution in [2.75, 3.05) is 19.6 Å². The van der Waals surface area contributed by atoms with Crippen LogP contribution in [0.2, 0.25) is 0 Å². The summed E-state index contributed by atoms with van der Waals surface area (Å²) >= 11 is 0. The largest absolute Gasteiger partial charge is 0.457 e. The Morgan fingerprint density at radius 1 is 1.00 bits per heavy atom. The van der Waals surface area contributed by atoms with Crippen LogP contribution in [0.1, 0.15) is 23.2 Å². The first-order valence-electron chi connectivity index (χ1n) is 8.62. The Balaban J connectivity index is 1.36. The SMILES string of the molecule is O=C(N[C@@H]1C[C@@H]2CCN(C2)C1)c1ccc(Oc2ccccc2)cc1. The average molecular weight is 322 g/mol. The van der Waals surface area contributed by atoms with Gasteiger partial charge in [-0.25, -0.2) is 0 Å². The number of nitrogens with one attached hydrogen (secondary N) is 1. The lowest BCUT2D eigenvalue weighted by molar-refractivity contribution is 0.0909. The summed E-state index contributed by atoms with van der Waals surface area (Å²) in [6.45, 7) is 3.37. The van der Waals surface area contributed by atoms with Gasteiger partial charge in [0, 0.05) is 24.7 Å². The van der Waals surface area contributed by atoms with Gasteiger partial charge in [0.15, 0.2) is 0 Å². The lowest BCUT2D eigenvalue weighted by Crippen LogP contribution is -2.46. The quantitative estimate of drug-likeness (QED) is 0.939. The van der Waals surface area contributed by atoms with Crippen LogP contribution in [0.4, 0.5) is 0 Å². The fourth-order valence-corrected chi connectivity index (χ4v) is 3.73. The third-order valence-electron chi connectivity index (χ3n) is 4.90. The van der Waals surface area contributed by atoms with E-state index in [0.717, 1.165) is 30.4 Å². The van der Waals surface area contributed by atoms with Crippen LogP contribution >= 0.6 is 0 Å². The highest BCUT2D eigenvalue weighted by molar-refractivity contribution is 5.94. The first-order chi connectivity index (χ1) is 11.8. The van der Waals surface area contributed by atoms with Crippen LogP contribution in [0.15, 0.2) is 54.6 Å². The van der Waals surface area contributed by atoms with Crippen molar-refractivity contribution in [3.63, 3.8) is 0 Å². The van der Waals surface area contributed by atoms with Crippen molar-refractivity contribution in [3.05, 3.63) is 60.2 Å². The molecule has 2 saturated heterocycles. The number of hydrogen-bond acceptors (Lipinski definition) is 3. The number of benzene rings is 2. The summed E-state index contributed by atoms with van der Waals surface area (Å²) in [7, 11) is 0. The molecule has 2 aromatic carbocycles. The number of rotatable bonds is 4. The summed E-state index contributed by atoms with van der Waals surface area (Å²) in [5.74, 6) is 2.29. The summed E-state index contributed by atoms with van der Waals surface area (Å²) in [5.41, 5.74) is 0.684. The highest BCUT2D eigenvalue weighted by atomic mass is 16.5. The van der Waals surface area contributed by atoms with Crippen molar-refractivity contribution < 1.29 is 9.53 Å². The molecule has 0 saturated carbocycles. The van der Waals surface area contributed by atoms with Crippen LogP contribution in [0.5, 0.6) is 11.5 Å². The van der Waals surface area contributed by atoms with Gasteiger partial charge in [-0.1, -0.05) is 18.2 Å². The summed E-state index contributed by atoms with van der Waals surface area (Å²) in [6, 6.07) is 17.3. The Bertz CT molecular complexity index is 687. The number of carbonyl (C=O) groups is 1. The maximum absolute atomic E-state index is 12.4. The second-order valence-corrected chi connectivity index (χ2v) is 6.76. The van der Waals surface area contributed by atoms with Crippen molar-refractivity contribution >= 4 is 5.91 Å². The van der Waals surface area contributed by atoms with Gasteiger partial charge in [-0.3, -0.25) is 4.79 Å². The molecule has 2 fully saturated rings. The van der Waals surface area contributed by atoms with Gasteiger partial charge in [0.1, 0.15) is 11.5 Å². The normalized spacial score (nSPS) is 25.2. The van der Waals surface area contributed by atoms with Crippen LogP contribution < -0.4 is 10.1 Å². The van der Waals surface area contributed by atoms with E-state index in [1.165, 1.54) is 19.5 Å². The molecule has 2 bridgehead atoms. The molecule has 2 aliphatic heterocycles. The fourth-order valence-electron chi connectivity index (χ4n) is 3.73. The van der Waals surface area contributed by atoms with E-state index in [2.05, 4.69) is 10.2 Å². The smallest absolute Gasteiger partial charge is 0.251 e. The zero-order chi connectivity index (χ0) is 16.4. The van der Waals surface area contributed by atoms with Gasteiger partial charge < -0.3 is 15.0 Å². The average Bonchev–Trinajstić information content (AvgIpc) is 2.95. The van der Waals surface area contributed by atoms with Crippen LogP contribution in [0.25, 0.3) is 0 Å². The maximum atomic E-state index is 12.4. The van der Waals surface area contributed by atoms with E-state index in [1.54, 1.807) is 0 Å². The molecular formula is C20H22N2O2. The molecule has 1 unspecified atom stereocenters. The van der Waals surface area contributed by atoms with Crippen LogP contribution in [-0.2, 0) is 0 Å². The molecule has 0 spiro atoms. The standard InChI is InChI=1S/C20H22N2O2/c23-20(21-17-12-15-10-11-22(13-15)14-17)16-6-8-19(9-7-16)24-18-4-2-1-3-5-18/h1-9,15,17H,10-14H2,(H,21,23)/t15-,17+/m0/s1. The van der Waals surface area contributed by atoms with Gasteiger partial charge in [0.05, 0.1) is 0 Å². The van der Waals surface area contributed by atoms with Crippen molar-refractivity contribution in [3.8, 4) is 11.5 Å². The van der Waals surface area contributed by atoms with Crippen LogP contribution in [0.3, 0.4) is 0 Å². The molecule has 0 aromatic heterocycles. The van der Waals surface area contributed by atoms with Crippen molar-refractivity contribution in [2.24, 2.45) is 5.92 Å². The molecule has 1 amide bonds. The van der Waals surface area contributed by atoms with Crippen molar-refractivity contribution in [1.29, 1.82) is 0 Å². The second-order valence-electron chi connectivity index (χ2n) is 6.76. The molecule has 2 aliphatic rings. The lowest BCUT2D eigenvalue weighted by atomic mass is 9.96. The van der Waals surface area contributed by atoms with Crippen molar-refractivity contribution in [1.82, 2.24) is 10.2 Å². The van der Waals surface area contributed by atoms with E-state index >= 15 is 0 Å². The third-order valence-corrected chi connectivity index (χ3v) is 4.90. The number of para-hydroxylation sites is 1. The second kappa shape index (κ2) is 6.65. The van der Waals surface area contributed by atoms with Crippen molar-refractivity contribution in [2.45, 2.75) is 18.9 Å². The molecule has 24 heavy (non-hydrogen) atoms. The minimum absolute atomic E-state index is 0.00811. The van der Waals surface area contributed by atoms with Gasteiger partial charge in [-0.2, -0.15) is 0 Å². The molecule has 4 heteroatoms. The Labute approximate surface area is 142 Å². The minimum atomic E-state index is 0.00811. The maximum Gasteiger partial charge on any atom is 0.251 e. The number of amides is 1. The van der Waals surface area contributed by atoms with Gasteiger partial charge in [-0.05, 0) is 61.7 Å². The van der Waals surface area contributed by atoms with E-state index in [-0.39, 0.29) is 11.9 Å². The Hall–Kier alpha value is -2.33. The van der Waals surface area contributed by atoms with Gasteiger partial charge >= 0.3 is 0 Å². The number of carbonyl (C=O) groups excluding carboxylic acids is 1. The van der Waals surface area contributed by atoms with Gasteiger partial charge in [0.2, 0.25) is 0 Å². The Morgan fingerprint density at radius 3 is 2.50 bits per heavy atom. The van der Waals surface area contributed by atoms with Crippen LogP contribution in [0, 0.1) is 5.92 Å². The number of fused-ring (bicyclic) bond motifs is 2. The summed E-state index contributed by atoms with van der Waals surface area (Å²) < 4.78 is 5.76. The van der Waals surface area contributed by atoms with Gasteiger partial charge in [-0.15, -0.1) is 0 Å². The third kappa shape index (κ3) is 3.44. The molecule has 4 rings (SSSR count). The van der Waals surface area contributed by atoms with Crippen LogP contribution in [-0.4, -0.2) is 36.5 Å². The molecule has 3 atom stereocenters. The monoisotopic (exact) mass is 322 g/mol. The first-order valence-corrected chi connectivity index (χ1v) is 8.62. The van der Waals surface area contributed by atoms with E-state index < -0.39 is 0 Å². The molecule has 1 N–H and O–H groups in total. The molecule has 0 radical (unpaired) electrons. The number of hydrogen-bond donors (Lipinski definition) is 1. The topological polar surface area (TPSA) is 41.6 Å². The Morgan fingerprint density at radius 2 is 1.75 bits per heavy atom. The lowest BCUT2D eigenvalue weighted by Gasteiger charge is -2.30. The molecule has 0 aliphatic carbocycles. The Kier molecular flexibility index (Phi) is 4.22. The van der Waals surface area contributed by atoms with E-state index in [9.17, 15) is 4.79 Å². The molecule has 2 aromatic rings.